The van der Waals surface area contributed by atoms with Crippen LogP contribution in [0.3, 0.4) is 0 Å². The Morgan fingerprint density at radius 2 is 2.07 bits per heavy atom. The average molecular weight is 208 g/mol. The molecule has 0 saturated heterocycles. The van der Waals surface area contributed by atoms with Gasteiger partial charge in [0.2, 0.25) is 0 Å². The van der Waals surface area contributed by atoms with Crippen molar-refractivity contribution < 1.29 is 8.78 Å². The fourth-order valence-corrected chi connectivity index (χ4v) is 1.55. The minimum atomic E-state index is -2.99. The van der Waals surface area contributed by atoms with Crippen LogP contribution < -0.4 is 5.73 Å². The third-order valence-corrected chi connectivity index (χ3v) is 2.33. The van der Waals surface area contributed by atoms with Crippen molar-refractivity contribution in [3.63, 3.8) is 0 Å². The highest BCUT2D eigenvalue weighted by Crippen LogP contribution is 2.32. The van der Waals surface area contributed by atoms with Crippen molar-refractivity contribution in [1.82, 2.24) is 4.98 Å². The maximum Gasteiger partial charge on any atom is 0.285 e. The molecular weight excluding hydrogens is 198 g/mol. The molecule has 1 aromatic heterocycles. The number of fused-ring (bicyclic) bond motifs is 1. The molecule has 0 fully saturated rings. The quantitative estimate of drug-likeness (QED) is 0.822. The van der Waals surface area contributed by atoms with Crippen molar-refractivity contribution in [2.24, 2.45) is 5.73 Å². The van der Waals surface area contributed by atoms with Crippen molar-refractivity contribution >= 4 is 10.8 Å². The minimum Gasteiger partial charge on any atom is -0.325 e. The fraction of sp³-hybridized carbons (Fsp3) is 0.182. The molecule has 78 valence electrons. The van der Waals surface area contributed by atoms with Crippen molar-refractivity contribution in [2.45, 2.75) is 5.92 Å². The van der Waals surface area contributed by atoms with Gasteiger partial charge in [-0.05, 0) is 11.5 Å². The van der Waals surface area contributed by atoms with E-state index >= 15 is 0 Å². The molecule has 0 aliphatic rings. The van der Waals surface area contributed by atoms with Crippen molar-refractivity contribution in [3.05, 3.63) is 42.2 Å². The predicted molar refractivity (Wildman–Crippen MR) is 54.7 cm³/mol. The first-order valence-corrected chi connectivity index (χ1v) is 4.56. The van der Waals surface area contributed by atoms with Crippen molar-refractivity contribution in [2.75, 3.05) is 6.54 Å². The van der Waals surface area contributed by atoms with Crippen LogP contribution in [0.2, 0.25) is 0 Å². The normalized spacial score (nSPS) is 11.9. The van der Waals surface area contributed by atoms with Gasteiger partial charge in [0.25, 0.3) is 5.92 Å². The zero-order valence-electron chi connectivity index (χ0n) is 7.95. The van der Waals surface area contributed by atoms with Crippen LogP contribution in [-0.2, 0) is 5.92 Å². The van der Waals surface area contributed by atoms with Gasteiger partial charge in [-0.3, -0.25) is 4.98 Å². The minimum absolute atomic E-state index is 0.0371. The summed E-state index contributed by atoms with van der Waals surface area (Å²) in [6.45, 7) is -0.686. The molecule has 15 heavy (non-hydrogen) atoms. The van der Waals surface area contributed by atoms with Gasteiger partial charge in [-0.15, -0.1) is 0 Å². The second-order valence-electron chi connectivity index (χ2n) is 3.31. The standard InChI is InChI=1S/C11H10F2N2/c12-11(13,7-14)10-3-1-2-8-6-15-5-4-9(8)10/h1-6H,7,14H2. The second kappa shape index (κ2) is 3.55. The summed E-state index contributed by atoms with van der Waals surface area (Å²) in [4.78, 5) is 3.89. The first-order chi connectivity index (χ1) is 7.15. The molecule has 0 atom stereocenters. The zero-order valence-corrected chi connectivity index (χ0v) is 7.95. The van der Waals surface area contributed by atoms with Gasteiger partial charge in [0.05, 0.1) is 6.54 Å². The van der Waals surface area contributed by atoms with Gasteiger partial charge in [-0.1, -0.05) is 18.2 Å². The van der Waals surface area contributed by atoms with Crippen LogP contribution in [0.5, 0.6) is 0 Å². The fourth-order valence-electron chi connectivity index (χ4n) is 1.55. The van der Waals surface area contributed by atoms with Gasteiger partial charge in [-0.25, -0.2) is 0 Å². The zero-order chi connectivity index (χ0) is 10.9. The first-order valence-electron chi connectivity index (χ1n) is 4.56. The summed E-state index contributed by atoms with van der Waals surface area (Å²) >= 11 is 0. The molecule has 0 spiro atoms. The summed E-state index contributed by atoms with van der Waals surface area (Å²) in [5.74, 6) is -2.99. The van der Waals surface area contributed by atoms with E-state index < -0.39 is 12.5 Å². The number of nitrogens with two attached hydrogens (primary N) is 1. The Labute approximate surface area is 85.7 Å². The summed E-state index contributed by atoms with van der Waals surface area (Å²) < 4.78 is 26.9. The monoisotopic (exact) mass is 208 g/mol. The molecule has 1 aromatic carbocycles. The number of hydrogen-bond donors (Lipinski definition) is 1. The maximum absolute atomic E-state index is 13.5. The van der Waals surface area contributed by atoms with Crippen LogP contribution in [0.4, 0.5) is 8.78 Å². The molecular formula is C11H10F2N2. The summed E-state index contributed by atoms with van der Waals surface area (Å²) in [6, 6.07) is 6.31. The van der Waals surface area contributed by atoms with E-state index in [9.17, 15) is 8.78 Å². The Morgan fingerprint density at radius 1 is 1.27 bits per heavy atom. The number of halogens is 2. The van der Waals surface area contributed by atoms with Crippen LogP contribution in [0.1, 0.15) is 5.56 Å². The number of aromatic nitrogens is 1. The Morgan fingerprint density at radius 3 is 2.80 bits per heavy atom. The number of rotatable bonds is 2. The van der Waals surface area contributed by atoms with E-state index in [1.807, 2.05) is 0 Å². The molecule has 2 nitrogen and oxygen atoms in total. The molecule has 0 saturated carbocycles. The smallest absolute Gasteiger partial charge is 0.285 e. The summed E-state index contributed by atoms with van der Waals surface area (Å²) in [7, 11) is 0. The predicted octanol–water partition coefficient (Wildman–Crippen LogP) is 2.29. The van der Waals surface area contributed by atoms with E-state index in [1.165, 1.54) is 12.3 Å². The van der Waals surface area contributed by atoms with Gasteiger partial charge in [0.1, 0.15) is 0 Å². The Hall–Kier alpha value is -1.55. The highest BCUT2D eigenvalue weighted by molar-refractivity contribution is 5.85. The third-order valence-electron chi connectivity index (χ3n) is 2.33. The lowest BCUT2D eigenvalue weighted by Crippen LogP contribution is -2.25. The summed E-state index contributed by atoms with van der Waals surface area (Å²) in [5, 5.41) is 1.20. The molecule has 0 radical (unpaired) electrons. The number of hydrogen-bond acceptors (Lipinski definition) is 2. The Balaban J connectivity index is 2.71. The highest BCUT2D eigenvalue weighted by Gasteiger charge is 2.30. The van der Waals surface area contributed by atoms with E-state index in [2.05, 4.69) is 4.98 Å². The van der Waals surface area contributed by atoms with Crippen LogP contribution in [0, 0.1) is 0 Å². The maximum atomic E-state index is 13.5. The van der Waals surface area contributed by atoms with E-state index in [4.69, 9.17) is 5.73 Å². The van der Waals surface area contributed by atoms with Crippen molar-refractivity contribution in [3.8, 4) is 0 Å². The van der Waals surface area contributed by atoms with E-state index in [0.717, 1.165) is 0 Å². The Kier molecular flexibility index (Phi) is 2.36. The van der Waals surface area contributed by atoms with E-state index in [-0.39, 0.29) is 5.56 Å². The number of nitrogens with zero attached hydrogens (tertiary/aromatic N) is 1. The van der Waals surface area contributed by atoms with Crippen LogP contribution in [-0.4, -0.2) is 11.5 Å². The van der Waals surface area contributed by atoms with Crippen LogP contribution in [0.25, 0.3) is 10.8 Å². The first kappa shape index (κ1) is 9.98. The average Bonchev–Trinajstić information content (AvgIpc) is 2.28. The number of alkyl halides is 2. The van der Waals surface area contributed by atoms with Gasteiger partial charge in [0.15, 0.2) is 0 Å². The summed E-state index contributed by atoms with van der Waals surface area (Å²) in [5.41, 5.74) is 5.03. The van der Waals surface area contributed by atoms with Gasteiger partial charge in [0, 0.05) is 23.3 Å². The van der Waals surface area contributed by atoms with Gasteiger partial charge >= 0.3 is 0 Å². The second-order valence-corrected chi connectivity index (χ2v) is 3.31. The Bertz CT molecular complexity index is 477. The molecule has 0 aliphatic carbocycles. The molecule has 0 unspecified atom stereocenters. The van der Waals surface area contributed by atoms with E-state index in [1.54, 1.807) is 24.4 Å². The number of benzene rings is 1. The van der Waals surface area contributed by atoms with Crippen molar-refractivity contribution in [1.29, 1.82) is 0 Å². The lowest BCUT2D eigenvalue weighted by molar-refractivity contribution is 0.00753. The topological polar surface area (TPSA) is 38.9 Å². The van der Waals surface area contributed by atoms with Crippen LogP contribution in [0.15, 0.2) is 36.7 Å². The lowest BCUT2D eigenvalue weighted by Gasteiger charge is -2.16. The van der Waals surface area contributed by atoms with Gasteiger partial charge in [-0.2, -0.15) is 8.78 Å². The lowest BCUT2D eigenvalue weighted by atomic mass is 10.0. The third kappa shape index (κ3) is 1.68. The molecule has 2 aromatic rings. The molecule has 2 N–H and O–H groups in total. The van der Waals surface area contributed by atoms with E-state index in [0.29, 0.717) is 10.8 Å². The summed E-state index contributed by atoms with van der Waals surface area (Å²) in [6.07, 6.45) is 3.06. The molecule has 4 heteroatoms. The highest BCUT2D eigenvalue weighted by atomic mass is 19.3. The molecule has 1 heterocycles. The van der Waals surface area contributed by atoms with Gasteiger partial charge < -0.3 is 5.73 Å². The molecule has 0 amide bonds. The molecule has 0 bridgehead atoms. The molecule has 2 rings (SSSR count). The molecule has 0 aliphatic heterocycles. The number of pyridine rings is 1. The van der Waals surface area contributed by atoms with Crippen LogP contribution >= 0.6 is 0 Å². The SMILES string of the molecule is NCC(F)(F)c1cccc2cnccc12. The largest absolute Gasteiger partial charge is 0.325 e.